The molecule has 0 unspecified atom stereocenters. The number of hydrogen-bond donors (Lipinski definition) is 2. The summed E-state index contributed by atoms with van der Waals surface area (Å²) in [6.07, 6.45) is 1.000. The minimum absolute atomic E-state index is 0. The molecule has 0 atom stereocenters. The zero-order valence-corrected chi connectivity index (χ0v) is 19.7. The highest BCUT2D eigenvalue weighted by molar-refractivity contribution is 14.0. The lowest BCUT2D eigenvalue weighted by molar-refractivity contribution is 0.204. The second-order valence-electron chi connectivity index (χ2n) is 6.47. The monoisotopic (exact) mass is 530 g/mol. The van der Waals surface area contributed by atoms with Crippen molar-refractivity contribution >= 4 is 45.6 Å². The van der Waals surface area contributed by atoms with Crippen molar-refractivity contribution < 1.29 is 13.2 Å². The number of halogens is 1. The zero-order valence-electron chi connectivity index (χ0n) is 16.6. The van der Waals surface area contributed by atoms with Crippen molar-refractivity contribution in [1.29, 1.82) is 0 Å². The second kappa shape index (κ2) is 10.9. The molecule has 0 aliphatic carbocycles. The Kier molecular flexibility index (Phi) is 8.87. The lowest BCUT2D eigenvalue weighted by atomic mass is 10.2. The largest absolute Gasteiger partial charge is 0.383 e. The van der Waals surface area contributed by atoms with Crippen LogP contribution in [0.15, 0.2) is 58.4 Å². The summed E-state index contributed by atoms with van der Waals surface area (Å²) in [5.74, 6) is 0.808. The highest BCUT2D eigenvalue weighted by atomic mass is 127. The molecular weight excluding hydrogens is 503 g/mol. The molecule has 2 aromatic rings. The van der Waals surface area contributed by atoms with E-state index in [4.69, 9.17) is 4.74 Å². The smallest absolute Gasteiger partial charge is 0.240 e. The first-order valence-electron chi connectivity index (χ1n) is 9.19. The molecule has 158 valence electrons. The number of hydrogen-bond acceptors (Lipinski definition) is 4. The highest BCUT2D eigenvalue weighted by Gasteiger charge is 2.22. The van der Waals surface area contributed by atoms with E-state index in [1.54, 1.807) is 19.2 Å². The number of ether oxygens (including phenoxy) is 1. The molecule has 3 rings (SSSR count). The fraction of sp³-hybridized carbons (Fsp3) is 0.350. The van der Waals surface area contributed by atoms with Crippen molar-refractivity contribution in [3.63, 3.8) is 0 Å². The third-order valence-corrected chi connectivity index (χ3v) is 6.11. The molecule has 1 aliphatic heterocycles. The van der Waals surface area contributed by atoms with Gasteiger partial charge in [0.2, 0.25) is 10.0 Å². The number of nitrogens with zero attached hydrogens (tertiary/aromatic N) is 2. The number of para-hydroxylation sites is 1. The van der Waals surface area contributed by atoms with Gasteiger partial charge in [-0.1, -0.05) is 30.3 Å². The Morgan fingerprint density at radius 2 is 1.90 bits per heavy atom. The van der Waals surface area contributed by atoms with E-state index in [0.717, 1.165) is 24.5 Å². The van der Waals surface area contributed by atoms with Gasteiger partial charge in [0, 0.05) is 39.5 Å². The number of guanidine groups is 1. The Morgan fingerprint density at radius 1 is 1.17 bits per heavy atom. The quantitative estimate of drug-likeness (QED) is 0.249. The molecule has 2 aromatic carbocycles. The SMILES string of the molecule is CN=C(NCc1ccc(S(=O)(=O)NCCOC)cc1)N1CCc2ccccc21.I. The van der Waals surface area contributed by atoms with Crippen molar-refractivity contribution in [2.24, 2.45) is 4.99 Å². The molecule has 0 amide bonds. The third kappa shape index (κ3) is 5.91. The van der Waals surface area contributed by atoms with Gasteiger partial charge in [-0.25, -0.2) is 13.1 Å². The third-order valence-electron chi connectivity index (χ3n) is 4.64. The van der Waals surface area contributed by atoms with Crippen LogP contribution in [0, 0.1) is 0 Å². The molecule has 0 bridgehead atoms. The van der Waals surface area contributed by atoms with Gasteiger partial charge >= 0.3 is 0 Å². The normalized spacial score (nSPS) is 13.7. The standard InChI is InChI=1S/C20H26N4O3S.HI/c1-21-20(24-13-11-17-5-3-4-6-19(17)24)22-15-16-7-9-18(10-8-16)28(25,26)23-12-14-27-2;/h3-10,23H,11-15H2,1-2H3,(H,21,22);1H. The van der Waals surface area contributed by atoms with Gasteiger partial charge in [0.15, 0.2) is 5.96 Å². The van der Waals surface area contributed by atoms with Crippen LogP contribution in [0.3, 0.4) is 0 Å². The zero-order chi connectivity index (χ0) is 20.0. The van der Waals surface area contributed by atoms with E-state index in [9.17, 15) is 8.42 Å². The van der Waals surface area contributed by atoms with E-state index in [1.807, 2.05) is 18.2 Å². The number of nitrogens with one attached hydrogen (secondary N) is 2. The fourth-order valence-corrected chi connectivity index (χ4v) is 4.20. The van der Waals surface area contributed by atoms with Gasteiger partial charge in [-0.3, -0.25) is 4.99 Å². The molecule has 0 fully saturated rings. The summed E-state index contributed by atoms with van der Waals surface area (Å²) in [5, 5.41) is 3.36. The molecule has 0 saturated carbocycles. The number of anilines is 1. The molecule has 1 heterocycles. The number of benzene rings is 2. The summed E-state index contributed by atoms with van der Waals surface area (Å²) in [6.45, 7) is 2.03. The van der Waals surface area contributed by atoms with Gasteiger partial charge in [-0.05, 0) is 35.7 Å². The lowest BCUT2D eigenvalue weighted by Gasteiger charge is -2.22. The van der Waals surface area contributed by atoms with E-state index in [0.29, 0.717) is 13.2 Å². The maximum atomic E-state index is 12.2. The second-order valence-corrected chi connectivity index (χ2v) is 8.23. The summed E-state index contributed by atoms with van der Waals surface area (Å²) in [7, 11) is -0.213. The average molecular weight is 530 g/mol. The number of rotatable bonds is 7. The van der Waals surface area contributed by atoms with Crippen LogP contribution in [0.25, 0.3) is 0 Å². The first kappa shape index (κ1) is 23.6. The summed E-state index contributed by atoms with van der Waals surface area (Å²) in [6, 6.07) is 15.2. The maximum absolute atomic E-state index is 12.2. The maximum Gasteiger partial charge on any atom is 0.240 e. The minimum atomic E-state index is -3.51. The van der Waals surface area contributed by atoms with Crippen LogP contribution in [-0.2, 0) is 27.7 Å². The molecule has 1 aliphatic rings. The molecule has 0 saturated heterocycles. The van der Waals surface area contributed by atoms with E-state index in [1.165, 1.54) is 18.4 Å². The van der Waals surface area contributed by atoms with Crippen molar-refractivity contribution in [1.82, 2.24) is 10.0 Å². The highest BCUT2D eigenvalue weighted by Crippen LogP contribution is 2.27. The van der Waals surface area contributed by atoms with Crippen LogP contribution in [-0.4, -0.2) is 48.2 Å². The first-order chi connectivity index (χ1) is 13.5. The van der Waals surface area contributed by atoms with Gasteiger partial charge in [0.05, 0.1) is 11.5 Å². The van der Waals surface area contributed by atoms with Gasteiger partial charge in [0.1, 0.15) is 0 Å². The lowest BCUT2D eigenvalue weighted by Crippen LogP contribution is -2.40. The summed E-state index contributed by atoms with van der Waals surface area (Å²) < 4.78 is 31.8. The molecule has 0 radical (unpaired) electrons. The van der Waals surface area contributed by atoms with Crippen LogP contribution >= 0.6 is 24.0 Å². The number of methoxy groups -OCH3 is 1. The summed E-state index contributed by atoms with van der Waals surface area (Å²) in [5.41, 5.74) is 3.48. The van der Waals surface area contributed by atoms with Gasteiger partial charge in [-0.15, -0.1) is 24.0 Å². The van der Waals surface area contributed by atoms with Crippen LogP contribution in [0.5, 0.6) is 0 Å². The molecule has 7 nitrogen and oxygen atoms in total. The van der Waals surface area contributed by atoms with Crippen LogP contribution in [0.1, 0.15) is 11.1 Å². The van der Waals surface area contributed by atoms with E-state index in [-0.39, 0.29) is 35.4 Å². The van der Waals surface area contributed by atoms with Crippen molar-refractivity contribution in [2.75, 3.05) is 38.8 Å². The average Bonchev–Trinajstić information content (AvgIpc) is 3.13. The fourth-order valence-electron chi connectivity index (χ4n) is 3.18. The molecule has 0 aromatic heterocycles. The summed E-state index contributed by atoms with van der Waals surface area (Å²) >= 11 is 0. The van der Waals surface area contributed by atoms with Crippen molar-refractivity contribution in [2.45, 2.75) is 17.9 Å². The molecule has 29 heavy (non-hydrogen) atoms. The van der Waals surface area contributed by atoms with Crippen LogP contribution in [0.2, 0.25) is 0 Å². The molecule has 2 N–H and O–H groups in total. The molecule has 9 heteroatoms. The van der Waals surface area contributed by atoms with E-state index >= 15 is 0 Å². The van der Waals surface area contributed by atoms with Crippen molar-refractivity contribution in [3.8, 4) is 0 Å². The van der Waals surface area contributed by atoms with Gasteiger partial charge < -0.3 is 15.0 Å². The predicted octanol–water partition coefficient (Wildman–Crippen LogP) is 2.37. The summed E-state index contributed by atoms with van der Waals surface area (Å²) in [4.78, 5) is 6.81. The van der Waals surface area contributed by atoms with Crippen LogP contribution in [0.4, 0.5) is 5.69 Å². The number of sulfonamides is 1. The Bertz CT molecular complexity index is 933. The van der Waals surface area contributed by atoms with Gasteiger partial charge in [-0.2, -0.15) is 0 Å². The minimum Gasteiger partial charge on any atom is -0.383 e. The first-order valence-corrected chi connectivity index (χ1v) is 10.7. The number of fused-ring (bicyclic) bond motifs is 1. The molecule has 0 spiro atoms. The Labute approximate surface area is 189 Å². The topological polar surface area (TPSA) is 83.0 Å². The number of aliphatic imine (C=N–C) groups is 1. The predicted molar refractivity (Wildman–Crippen MR) is 127 cm³/mol. The van der Waals surface area contributed by atoms with Gasteiger partial charge in [0.25, 0.3) is 0 Å². The molecular formula is C20H27IN4O3S. The Morgan fingerprint density at radius 3 is 2.59 bits per heavy atom. The van der Waals surface area contributed by atoms with Crippen LogP contribution < -0.4 is 14.9 Å². The Hall–Kier alpha value is -1.69. The van der Waals surface area contributed by atoms with E-state index in [2.05, 4.69) is 38.1 Å². The van der Waals surface area contributed by atoms with E-state index < -0.39 is 10.0 Å². The van der Waals surface area contributed by atoms with Crippen molar-refractivity contribution in [3.05, 3.63) is 59.7 Å². The Balaban J connectivity index is 0.00000300.